The molecular weight excluding hydrogens is 286 g/mol. The number of rotatable bonds is 2. The summed E-state index contributed by atoms with van der Waals surface area (Å²) in [6, 6.07) is 0. The lowest BCUT2D eigenvalue weighted by atomic mass is 9.85. The summed E-state index contributed by atoms with van der Waals surface area (Å²) in [5.74, 6) is 0.100. The fraction of sp³-hybridized carbons (Fsp3) is 0.800. The average molecular weight is 309 g/mol. The van der Waals surface area contributed by atoms with Crippen molar-refractivity contribution in [3.8, 4) is 0 Å². The van der Waals surface area contributed by atoms with E-state index in [0.29, 0.717) is 23.7 Å². The Labute approximate surface area is 130 Å². The van der Waals surface area contributed by atoms with Gasteiger partial charge in [-0.3, -0.25) is 14.5 Å². The average Bonchev–Trinajstić information content (AvgIpc) is 2.91. The maximum absolute atomic E-state index is 12.8. The number of hydrogen-bond donors (Lipinski definition) is 1. The molecule has 2 aliphatic heterocycles. The molecule has 6 heteroatoms. The number of likely N-dealkylation sites (tertiary alicyclic amines) is 2. The number of amides is 2. The Morgan fingerprint density at radius 3 is 2.10 bits per heavy atom. The van der Waals surface area contributed by atoms with Crippen molar-refractivity contribution in [3.05, 3.63) is 0 Å². The first-order valence-corrected chi connectivity index (χ1v) is 8.14. The molecule has 0 radical (unpaired) electrons. The Bertz CT molecular complexity index is 475. The fourth-order valence-electron chi connectivity index (χ4n) is 4.27. The first kappa shape index (κ1) is 14.9. The van der Waals surface area contributed by atoms with Gasteiger partial charge >= 0.3 is 0 Å². The van der Waals surface area contributed by atoms with Gasteiger partial charge in [-0.1, -0.05) is 19.1 Å². The quantitative estimate of drug-likeness (QED) is 0.603. The maximum Gasteiger partial charge on any atom is 0.233 e. The lowest BCUT2D eigenvalue weighted by Crippen LogP contribution is -2.63. The number of nitrogens with two attached hydrogens (primary N) is 1. The highest BCUT2D eigenvalue weighted by Crippen LogP contribution is 2.46. The summed E-state index contributed by atoms with van der Waals surface area (Å²) in [5.41, 5.74) is 5.26. The lowest BCUT2D eigenvalue weighted by molar-refractivity contribution is -0.146. The number of hydrogen-bond acceptors (Lipinski definition) is 4. The van der Waals surface area contributed by atoms with Crippen LogP contribution in [0, 0.1) is 17.8 Å². The van der Waals surface area contributed by atoms with Crippen LogP contribution in [0.25, 0.3) is 0 Å². The molecule has 1 aliphatic carbocycles. The number of fused-ring (bicyclic) bond motifs is 1. The molecule has 1 saturated carbocycles. The predicted molar refractivity (Wildman–Crippen MR) is 83.5 cm³/mol. The van der Waals surface area contributed by atoms with Crippen LogP contribution in [0.5, 0.6) is 0 Å². The lowest BCUT2D eigenvalue weighted by Gasteiger charge is -2.45. The van der Waals surface area contributed by atoms with E-state index in [4.69, 9.17) is 18.0 Å². The third-order valence-corrected chi connectivity index (χ3v) is 5.95. The van der Waals surface area contributed by atoms with Gasteiger partial charge in [-0.25, -0.2) is 0 Å². The van der Waals surface area contributed by atoms with Crippen molar-refractivity contribution in [2.75, 3.05) is 20.1 Å². The summed E-state index contributed by atoms with van der Waals surface area (Å²) in [5, 5.41) is 0. The Hall–Kier alpha value is -1.01. The highest BCUT2D eigenvalue weighted by molar-refractivity contribution is 7.80. The van der Waals surface area contributed by atoms with E-state index >= 15 is 0 Å². The zero-order chi connectivity index (χ0) is 15.4. The molecule has 2 atom stereocenters. The third kappa shape index (κ3) is 2.11. The molecule has 0 bridgehead atoms. The topological polar surface area (TPSA) is 66.6 Å². The molecule has 2 saturated heterocycles. The molecule has 21 heavy (non-hydrogen) atoms. The molecule has 116 valence electrons. The number of carbonyl (C=O) groups is 2. The summed E-state index contributed by atoms with van der Waals surface area (Å²) in [6.45, 7) is 3.72. The van der Waals surface area contributed by atoms with Gasteiger partial charge in [0.2, 0.25) is 11.8 Å². The molecule has 3 aliphatic rings. The van der Waals surface area contributed by atoms with Crippen LogP contribution < -0.4 is 5.73 Å². The van der Waals surface area contributed by atoms with E-state index in [9.17, 15) is 9.59 Å². The summed E-state index contributed by atoms with van der Waals surface area (Å²) in [7, 11) is 2.04. The smallest absolute Gasteiger partial charge is 0.233 e. The predicted octanol–water partition coefficient (Wildman–Crippen LogP) is 0.768. The van der Waals surface area contributed by atoms with Crippen LogP contribution in [0.4, 0.5) is 0 Å². The Morgan fingerprint density at radius 2 is 1.67 bits per heavy atom. The van der Waals surface area contributed by atoms with E-state index < -0.39 is 5.54 Å². The molecule has 0 aromatic carbocycles. The van der Waals surface area contributed by atoms with Crippen molar-refractivity contribution in [2.45, 2.75) is 38.1 Å². The van der Waals surface area contributed by atoms with Crippen molar-refractivity contribution >= 4 is 29.0 Å². The van der Waals surface area contributed by atoms with E-state index in [2.05, 4.69) is 11.8 Å². The van der Waals surface area contributed by atoms with Gasteiger partial charge in [0.15, 0.2) is 0 Å². The minimum Gasteiger partial charge on any atom is -0.391 e. The van der Waals surface area contributed by atoms with Gasteiger partial charge in [0.25, 0.3) is 0 Å². The number of piperidine rings is 1. The molecule has 5 nitrogen and oxygen atoms in total. The van der Waals surface area contributed by atoms with Crippen LogP contribution in [0.3, 0.4) is 0 Å². The van der Waals surface area contributed by atoms with Crippen LogP contribution >= 0.6 is 12.2 Å². The maximum atomic E-state index is 12.8. The zero-order valence-electron chi connectivity index (χ0n) is 12.7. The molecule has 2 unspecified atom stereocenters. The van der Waals surface area contributed by atoms with Crippen LogP contribution in [0.2, 0.25) is 0 Å². The largest absolute Gasteiger partial charge is 0.391 e. The van der Waals surface area contributed by atoms with Gasteiger partial charge in [-0.05, 0) is 38.6 Å². The van der Waals surface area contributed by atoms with Crippen LogP contribution in [-0.4, -0.2) is 52.3 Å². The van der Waals surface area contributed by atoms with Gasteiger partial charge in [0, 0.05) is 13.1 Å². The Kier molecular flexibility index (Phi) is 3.56. The van der Waals surface area contributed by atoms with Crippen molar-refractivity contribution in [2.24, 2.45) is 23.5 Å². The minimum atomic E-state index is -0.733. The molecule has 2 amide bonds. The van der Waals surface area contributed by atoms with Crippen LogP contribution in [0.15, 0.2) is 0 Å². The van der Waals surface area contributed by atoms with E-state index in [1.807, 2.05) is 7.05 Å². The van der Waals surface area contributed by atoms with Gasteiger partial charge in [0.1, 0.15) is 5.54 Å². The van der Waals surface area contributed by atoms with Crippen molar-refractivity contribution in [3.63, 3.8) is 0 Å². The number of thiocarbonyl (C=S) groups is 1. The van der Waals surface area contributed by atoms with Crippen molar-refractivity contribution in [1.82, 2.24) is 9.80 Å². The van der Waals surface area contributed by atoms with Crippen molar-refractivity contribution < 1.29 is 9.59 Å². The van der Waals surface area contributed by atoms with Gasteiger partial charge in [0.05, 0.1) is 16.8 Å². The van der Waals surface area contributed by atoms with Crippen LogP contribution in [-0.2, 0) is 9.59 Å². The molecular formula is C15H23N3O2S. The van der Waals surface area contributed by atoms with E-state index in [-0.39, 0.29) is 23.7 Å². The van der Waals surface area contributed by atoms with E-state index in [0.717, 1.165) is 25.9 Å². The van der Waals surface area contributed by atoms with Gasteiger partial charge in [-0.2, -0.15) is 0 Å². The first-order valence-electron chi connectivity index (χ1n) is 7.73. The summed E-state index contributed by atoms with van der Waals surface area (Å²) in [6.07, 6.45) is 2.95. The SMILES string of the molecule is CC1CC2C(=O)N(C3(C(N)=S)CCN(C)CC3)C(=O)C2C1. The molecule has 3 rings (SSSR count). The molecule has 0 aromatic rings. The van der Waals surface area contributed by atoms with Gasteiger partial charge in [-0.15, -0.1) is 0 Å². The fourth-order valence-corrected chi connectivity index (χ4v) is 4.56. The standard InChI is InChI=1S/C15H23N3O2S/c1-9-7-10-11(8-9)13(20)18(12(10)19)15(14(16)21)3-5-17(2)6-4-15/h9-11H,3-8H2,1-2H3,(H2,16,21). The number of nitrogens with zero attached hydrogens (tertiary/aromatic N) is 2. The molecule has 0 aromatic heterocycles. The number of imide groups is 1. The van der Waals surface area contributed by atoms with Crippen LogP contribution in [0.1, 0.15) is 32.6 Å². The van der Waals surface area contributed by atoms with Gasteiger partial charge < -0.3 is 10.6 Å². The summed E-state index contributed by atoms with van der Waals surface area (Å²) < 4.78 is 0. The normalized spacial score (nSPS) is 36.1. The summed E-state index contributed by atoms with van der Waals surface area (Å²) in [4.78, 5) is 29.6. The highest BCUT2D eigenvalue weighted by atomic mass is 32.1. The summed E-state index contributed by atoms with van der Waals surface area (Å²) >= 11 is 5.28. The first-order chi connectivity index (χ1) is 9.86. The van der Waals surface area contributed by atoms with E-state index in [1.54, 1.807) is 0 Å². The van der Waals surface area contributed by atoms with Crippen molar-refractivity contribution in [1.29, 1.82) is 0 Å². The molecule has 2 N–H and O–H groups in total. The zero-order valence-corrected chi connectivity index (χ0v) is 13.5. The second kappa shape index (κ2) is 5.02. The Balaban J connectivity index is 1.93. The Morgan fingerprint density at radius 1 is 1.19 bits per heavy atom. The minimum absolute atomic E-state index is 0.0355. The second-order valence-electron chi connectivity index (χ2n) is 7.00. The highest BCUT2D eigenvalue weighted by Gasteiger charge is 2.59. The second-order valence-corrected chi connectivity index (χ2v) is 7.44. The third-order valence-electron chi connectivity index (χ3n) is 5.57. The number of carbonyl (C=O) groups excluding carboxylic acids is 2. The molecule has 2 heterocycles. The monoisotopic (exact) mass is 309 g/mol. The van der Waals surface area contributed by atoms with E-state index in [1.165, 1.54) is 4.90 Å². The molecule has 3 fully saturated rings. The molecule has 0 spiro atoms.